The highest BCUT2D eigenvalue weighted by atomic mass is 19.4. The SMILES string of the molecule is CCCCCOc1ccc(C#Cc2ccc(C#Cc3ccc(OC(F)(F)F)cc3)c(C)c2)cc1. The topological polar surface area (TPSA) is 18.5 Å². The van der Waals surface area contributed by atoms with Crippen LogP contribution in [0.2, 0.25) is 0 Å². The van der Waals surface area contributed by atoms with Gasteiger partial charge in [0.1, 0.15) is 11.5 Å². The second-order valence-corrected chi connectivity index (χ2v) is 7.68. The van der Waals surface area contributed by atoms with Crippen molar-refractivity contribution in [1.29, 1.82) is 0 Å². The predicted molar refractivity (Wildman–Crippen MR) is 128 cm³/mol. The summed E-state index contributed by atoms with van der Waals surface area (Å²) in [6.45, 7) is 4.84. The second kappa shape index (κ2) is 11.9. The Labute approximate surface area is 198 Å². The van der Waals surface area contributed by atoms with Gasteiger partial charge in [0.25, 0.3) is 0 Å². The van der Waals surface area contributed by atoms with Gasteiger partial charge in [-0.15, -0.1) is 13.2 Å². The summed E-state index contributed by atoms with van der Waals surface area (Å²) in [6, 6.07) is 19.0. The fourth-order valence-corrected chi connectivity index (χ4v) is 3.08. The molecule has 0 aliphatic rings. The third-order valence-electron chi connectivity index (χ3n) is 4.88. The van der Waals surface area contributed by atoms with Gasteiger partial charge in [-0.05, 0) is 85.6 Å². The van der Waals surface area contributed by atoms with E-state index in [1.165, 1.54) is 37.1 Å². The van der Waals surface area contributed by atoms with Crippen molar-refractivity contribution >= 4 is 0 Å². The Kier molecular flexibility index (Phi) is 8.66. The van der Waals surface area contributed by atoms with E-state index in [0.29, 0.717) is 5.56 Å². The Hall–Kier alpha value is -3.83. The molecule has 2 nitrogen and oxygen atoms in total. The van der Waals surface area contributed by atoms with Gasteiger partial charge < -0.3 is 9.47 Å². The maximum Gasteiger partial charge on any atom is 0.573 e. The molecule has 0 aliphatic heterocycles. The standard InChI is InChI=1S/C29H25F3O2/c1-3-4-5-20-33-27-16-10-23(11-17-27)6-7-25-9-15-26(22(2)21-25)14-8-24-12-18-28(19-13-24)34-29(30,31)32/h9-13,15-19,21H,3-5,20H2,1-2H3. The zero-order chi connectivity index (χ0) is 24.4. The first-order valence-electron chi connectivity index (χ1n) is 11.1. The maximum atomic E-state index is 12.3. The van der Waals surface area contributed by atoms with Gasteiger partial charge in [-0.2, -0.15) is 0 Å². The third-order valence-corrected chi connectivity index (χ3v) is 4.88. The van der Waals surface area contributed by atoms with Crippen LogP contribution in [0.5, 0.6) is 11.5 Å². The van der Waals surface area contributed by atoms with Gasteiger partial charge in [0, 0.05) is 22.3 Å². The lowest BCUT2D eigenvalue weighted by Crippen LogP contribution is -2.16. The van der Waals surface area contributed by atoms with Crippen LogP contribution in [0.15, 0.2) is 66.7 Å². The van der Waals surface area contributed by atoms with Crippen molar-refractivity contribution in [2.75, 3.05) is 6.61 Å². The van der Waals surface area contributed by atoms with Gasteiger partial charge in [0.2, 0.25) is 0 Å². The lowest BCUT2D eigenvalue weighted by Gasteiger charge is -2.08. The fourth-order valence-electron chi connectivity index (χ4n) is 3.08. The molecule has 0 saturated heterocycles. The molecule has 0 fully saturated rings. The average molecular weight is 463 g/mol. The number of rotatable bonds is 6. The molecule has 0 amide bonds. The molecule has 0 aromatic heterocycles. The normalized spacial score (nSPS) is 10.5. The minimum Gasteiger partial charge on any atom is -0.494 e. The van der Waals surface area contributed by atoms with Gasteiger partial charge in [0.05, 0.1) is 6.61 Å². The van der Waals surface area contributed by atoms with Crippen molar-refractivity contribution in [2.45, 2.75) is 39.5 Å². The van der Waals surface area contributed by atoms with E-state index in [0.717, 1.165) is 41.0 Å². The monoisotopic (exact) mass is 462 g/mol. The summed E-state index contributed by atoms with van der Waals surface area (Å²) >= 11 is 0. The number of unbranched alkanes of at least 4 members (excludes halogenated alkanes) is 2. The molecule has 0 spiro atoms. The van der Waals surface area contributed by atoms with Crippen LogP contribution < -0.4 is 9.47 Å². The quantitative estimate of drug-likeness (QED) is 0.283. The first-order chi connectivity index (χ1) is 16.3. The minimum atomic E-state index is -4.71. The van der Waals surface area contributed by atoms with Gasteiger partial charge in [-0.25, -0.2) is 0 Å². The molecule has 34 heavy (non-hydrogen) atoms. The van der Waals surface area contributed by atoms with Gasteiger partial charge >= 0.3 is 6.36 Å². The third kappa shape index (κ3) is 8.26. The minimum absolute atomic E-state index is 0.272. The van der Waals surface area contributed by atoms with Crippen LogP contribution in [-0.2, 0) is 0 Å². The van der Waals surface area contributed by atoms with E-state index in [1.54, 1.807) is 0 Å². The molecule has 0 aliphatic carbocycles. The fraction of sp³-hybridized carbons (Fsp3) is 0.241. The van der Waals surface area contributed by atoms with Crippen molar-refractivity contribution in [2.24, 2.45) is 0 Å². The van der Waals surface area contributed by atoms with Gasteiger partial charge in [-0.3, -0.25) is 0 Å². The van der Waals surface area contributed by atoms with Crippen molar-refractivity contribution in [3.8, 4) is 35.2 Å². The summed E-state index contributed by atoms with van der Waals surface area (Å²) in [5.74, 6) is 12.9. The Balaban J connectivity index is 1.62. The maximum absolute atomic E-state index is 12.3. The summed E-state index contributed by atoms with van der Waals surface area (Å²) in [5.41, 5.74) is 4.16. The highest BCUT2D eigenvalue weighted by Gasteiger charge is 2.30. The number of hydrogen-bond acceptors (Lipinski definition) is 2. The Morgan fingerprint density at radius 3 is 1.85 bits per heavy atom. The zero-order valence-electron chi connectivity index (χ0n) is 19.1. The lowest BCUT2D eigenvalue weighted by molar-refractivity contribution is -0.274. The van der Waals surface area contributed by atoms with Crippen LogP contribution in [0, 0.1) is 30.6 Å². The molecule has 3 aromatic rings. The average Bonchev–Trinajstić information content (AvgIpc) is 2.81. The summed E-state index contributed by atoms with van der Waals surface area (Å²) < 4.78 is 46.4. The molecular weight excluding hydrogens is 437 g/mol. The second-order valence-electron chi connectivity index (χ2n) is 7.68. The number of ether oxygens (including phenoxy) is 2. The van der Waals surface area contributed by atoms with Crippen molar-refractivity contribution in [1.82, 2.24) is 0 Å². The number of alkyl halides is 3. The van der Waals surface area contributed by atoms with E-state index in [2.05, 4.69) is 35.3 Å². The van der Waals surface area contributed by atoms with Crippen molar-refractivity contribution < 1.29 is 22.6 Å². The molecule has 3 aromatic carbocycles. The van der Waals surface area contributed by atoms with E-state index in [9.17, 15) is 13.2 Å². The van der Waals surface area contributed by atoms with Crippen LogP contribution in [0.3, 0.4) is 0 Å². The lowest BCUT2D eigenvalue weighted by atomic mass is 10.0. The van der Waals surface area contributed by atoms with Gasteiger partial charge in [0.15, 0.2) is 0 Å². The molecule has 0 bridgehead atoms. The van der Waals surface area contributed by atoms with Crippen LogP contribution >= 0.6 is 0 Å². The summed E-state index contributed by atoms with van der Waals surface area (Å²) in [4.78, 5) is 0. The van der Waals surface area contributed by atoms with Gasteiger partial charge in [-0.1, -0.05) is 43.4 Å². The molecule has 0 radical (unpaired) electrons. The van der Waals surface area contributed by atoms with E-state index in [1.807, 2.05) is 49.4 Å². The number of halogens is 3. The van der Waals surface area contributed by atoms with E-state index in [-0.39, 0.29) is 5.75 Å². The molecule has 0 unspecified atom stereocenters. The Morgan fingerprint density at radius 1 is 0.706 bits per heavy atom. The Morgan fingerprint density at radius 2 is 1.26 bits per heavy atom. The summed E-state index contributed by atoms with van der Waals surface area (Å²) in [5, 5.41) is 0. The first-order valence-corrected chi connectivity index (χ1v) is 11.1. The number of hydrogen-bond donors (Lipinski definition) is 0. The van der Waals surface area contributed by atoms with E-state index >= 15 is 0 Å². The number of aryl methyl sites for hydroxylation is 1. The molecule has 0 saturated carbocycles. The molecule has 0 atom stereocenters. The predicted octanol–water partition coefficient (Wildman–Crippen LogP) is 7.26. The number of benzene rings is 3. The smallest absolute Gasteiger partial charge is 0.494 e. The van der Waals surface area contributed by atoms with Crippen LogP contribution in [-0.4, -0.2) is 13.0 Å². The van der Waals surface area contributed by atoms with Crippen LogP contribution in [0.25, 0.3) is 0 Å². The molecule has 0 heterocycles. The molecular formula is C29H25F3O2. The highest BCUT2D eigenvalue weighted by molar-refractivity contribution is 5.52. The van der Waals surface area contributed by atoms with Crippen LogP contribution in [0.4, 0.5) is 13.2 Å². The summed E-state index contributed by atoms with van der Waals surface area (Å²) in [7, 11) is 0. The van der Waals surface area contributed by atoms with Crippen molar-refractivity contribution in [3.05, 3.63) is 94.5 Å². The molecule has 5 heteroatoms. The largest absolute Gasteiger partial charge is 0.573 e. The highest BCUT2D eigenvalue weighted by Crippen LogP contribution is 2.22. The van der Waals surface area contributed by atoms with Crippen LogP contribution in [0.1, 0.15) is 54.0 Å². The molecule has 0 N–H and O–H groups in total. The van der Waals surface area contributed by atoms with E-state index < -0.39 is 6.36 Å². The summed E-state index contributed by atoms with van der Waals surface area (Å²) in [6.07, 6.45) is -1.31. The Bertz CT molecular complexity index is 1200. The van der Waals surface area contributed by atoms with E-state index in [4.69, 9.17) is 4.74 Å². The van der Waals surface area contributed by atoms with Crippen molar-refractivity contribution in [3.63, 3.8) is 0 Å². The first kappa shape index (κ1) is 24.8. The zero-order valence-corrected chi connectivity index (χ0v) is 19.1. The molecule has 174 valence electrons. The molecule has 3 rings (SSSR count).